The molecule has 1 amide bonds. The first kappa shape index (κ1) is 13.9. The summed E-state index contributed by atoms with van der Waals surface area (Å²) < 4.78 is 38.7. The number of fused-ring (bicyclic) bond motifs is 1. The van der Waals surface area contributed by atoms with E-state index in [9.17, 15) is 17.1 Å². The summed E-state index contributed by atoms with van der Waals surface area (Å²) in [6.45, 7) is 0.483. The van der Waals surface area contributed by atoms with E-state index in [-0.39, 0.29) is 25.4 Å². The van der Waals surface area contributed by atoms with Gasteiger partial charge in [0, 0.05) is 31.0 Å². The van der Waals surface area contributed by atoms with Crippen molar-refractivity contribution in [1.82, 2.24) is 15.2 Å². The van der Waals surface area contributed by atoms with Gasteiger partial charge in [0.15, 0.2) is 0 Å². The number of aromatic nitrogens is 2. The Balaban J connectivity index is 1.76. The Morgan fingerprint density at radius 2 is 2.19 bits per heavy atom. The maximum atomic E-state index is 12.7. The van der Waals surface area contributed by atoms with Crippen molar-refractivity contribution in [3.63, 3.8) is 0 Å². The quantitative estimate of drug-likeness (QED) is 0.778. The third kappa shape index (κ3) is 3.02. The van der Waals surface area contributed by atoms with Crippen LogP contribution in [0, 0.1) is 5.92 Å². The molecule has 112 valence electrons. The lowest BCUT2D eigenvalue weighted by Gasteiger charge is -2.16. The SMILES string of the molecule is O=C1CC(CS(=O)(=O)F)CN1Cc1cccc2nonc12. The Bertz CT molecular complexity index is 789. The van der Waals surface area contributed by atoms with Crippen molar-refractivity contribution >= 4 is 27.2 Å². The molecule has 2 aromatic rings. The van der Waals surface area contributed by atoms with Gasteiger partial charge in [-0.15, -0.1) is 3.89 Å². The normalized spacial score (nSPS) is 19.6. The Morgan fingerprint density at radius 3 is 2.95 bits per heavy atom. The molecule has 0 saturated carbocycles. The van der Waals surface area contributed by atoms with E-state index in [4.69, 9.17) is 0 Å². The highest BCUT2D eigenvalue weighted by molar-refractivity contribution is 7.86. The summed E-state index contributed by atoms with van der Waals surface area (Å²) in [6.07, 6.45) is 0.0379. The molecule has 7 nitrogen and oxygen atoms in total. The van der Waals surface area contributed by atoms with Crippen LogP contribution < -0.4 is 0 Å². The zero-order valence-corrected chi connectivity index (χ0v) is 11.7. The topological polar surface area (TPSA) is 93.4 Å². The molecule has 3 rings (SSSR count). The van der Waals surface area contributed by atoms with Gasteiger partial charge in [-0.25, -0.2) is 4.63 Å². The predicted octanol–water partition coefficient (Wildman–Crippen LogP) is 0.871. The van der Waals surface area contributed by atoms with Gasteiger partial charge >= 0.3 is 10.2 Å². The summed E-state index contributed by atoms with van der Waals surface area (Å²) >= 11 is 0. The first-order chi connectivity index (χ1) is 9.92. The minimum absolute atomic E-state index is 0.0379. The number of likely N-dealkylation sites (tertiary alicyclic amines) is 1. The van der Waals surface area contributed by atoms with Gasteiger partial charge in [0.25, 0.3) is 0 Å². The number of amides is 1. The molecule has 1 aromatic carbocycles. The van der Waals surface area contributed by atoms with Crippen molar-refractivity contribution in [1.29, 1.82) is 0 Å². The van der Waals surface area contributed by atoms with E-state index in [1.54, 1.807) is 18.2 Å². The van der Waals surface area contributed by atoms with E-state index in [1.165, 1.54) is 4.90 Å². The van der Waals surface area contributed by atoms with Crippen LogP contribution >= 0.6 is 0 Å². The number of carbonyl (C=O) groups excluding carboxylic acids is 1. The fraction of sp³-hybridized carbons (Fsp3) is 0.417. The Labute approximate surface area is 119 Å². The Kier molecular flexibility index (Phi) is 3.36. The summed E-state index contributed by atoms with van der Waals surface area (Å²) in [5.41, 5.74) is 1.90. The first-order valence-corrected chi connectivity index (χ1v) is 7.88. The predicted molar refractivity (Wildman–Crippen MR) is 70.2 cm³/mol. The van der Waals surface area contributed by atoms with Gasteiger partial charge in [-0.1, -0.05) is 12.1 Å². The standard InChI is InChI=1S/C12H12FN3O4S/c13-21(18,19)7-8-4-11(17)16(5-8)6-9-2-1-3-10-12(9)15-20-14-10/h1-3,8H,4-7H2. The molecule has 21 heavy (non-hydrogen) atoms. The number of rotatable bonds is 4. The van der Waals surface area contributed by atoms with Gasteiger partial charge in [0.1, 0.15) is 11.0 Å². The summed E-state index contributed by atoms with van der Waals surface area (Å²) in [7, 11) is -4.57. The highest BCUT2D eigenvalue weighted by Crippen LogP contribution is 2.24. The van der Waals surface area contributed by atoms with Crippen LogP contribution in [0.25, 0.3) is 11.0 Å². The minimum Gasteiger partial charge on any atom is -0.338 e. The summed E-state index contributed by atoms with van der Waals surface area (Å²) in [5.74, 6) is -1.33. The molecule has 1 unspecified atom stereocenters. The third-order valence-electron chi connectivity index (χ3n) is 3.46. The third-order valence-corrected chi connectivity index (χ3v) is 4.33. The monoisotopic (exact) mass is 313 g/mol. The average molecular weight is 313 g/mol. The molecule has 0 spiro atoms. The van der Waals surface area contributed by atoms with Crippen LogP contribution in [0.4, 0.5) is 3.89 Å². The molecule has 0 N–H and O–H groups in total. The highest BCUT2D eigenvalue weighted by Gasteiger charge is 2.33. The van der Waals surface area contributed by atoms with Crippen molar-refractivity contribution < 1.29 is 21.7 Å². The lowest BCUT2D eigenvalue weighted by atomic mass is 10.1. The summed E-state index contributed by atoms with van der Waals surface area (Å²) in [5, 5.41) is 7.50. The molecule has 1 atom stereocenters. The second-order valence-electron chi connectivity index (χ2n) is 5.10. The van der Waals surface area contributed by atoms with E-state index in [0.29, 0.717) is 11.0 Å². The number of halogens is 1. The van der Waals surface area contributed by atoms with Crippen molar-refractivity contribution in [2.75, 3.05) is 12.3 Å². The molecule has 1 fully saturated rings. The molecule has 0 radical (unpaired) electrons. The Morgan fingerprint density at radius 1 is 1.38 bits per heavy atom. The maximum Gasteiger partial charge on any atom is 0.302 e. The van der Waals surface area contributed by atoms with E-state index >= 15 is 0 Å². The highest BCUT2D eigenvalue weighted by atomic mass is 32.3. The van der Waals surface area contributed by atoms with Crippen LogP contribution in [-0.4, -0.2) is 41.8 Å². The maximum absolute atomic E-state index is 12.7. The minimum atomic E-state index is -4.57. The number of benzene rings is 1. The van der Waals surface area contributed by atoms with Gasteiger partial charge in [0.2, 0.25) is 5.91 Å². The fourth-order valence-electron chi connectivity index (χ4n) is 2.60. The second kappa shape index (κ2) is 5.06. The Hall–Kier alpha value is -2.03. The lowest BCUT2D eigenvalue weighted by Crippen LogP contribution is -2.25. The number of hydrogen-bond acceptors (Lipinski definition) is 6. The molecular weight excluding hydrogens is 301 g/mol. The zero-order chi connectivity index (χ0) is 15.0. The molecule has 0 aliphatic carbocycles. The molecular formula is C12H12FN3O4S. The molecule has 1 aliphatic heterocycles. The average Bonchev–Trinajstić information content (AvgIpc) is 2.95. The van der Waals surface area contributed by atoms with Crippen LogP contribution in [0.5, 0.6) is 0 Å². The van der Waals surface area contributed by atoms with Crippen LogP contribution in [-0.2, 0) is 21.6 Å². The molecule has 0 bridgehead atoms. The van der Waals surface area contributed by atoms with Crippen molar-refractivity contribution in [3.8, 4) is 0 Å². The van der Waals surface area contributed by atoms with E-state index in [1.807, 2.05) is 0 Å². The summed E-state index contributed by atoms with van der Waals surface area (Å²) in [6, 6.07) is 5.30. The molecule has 1 aliphatic rings. The zero-order valence-electron chi connectivity index (χ0n) is 10.9. The first-order valence-electron chi connectivity index (χ1n) is 6.32. The van der Waals surface area contributed by atoms with E-state index in [2.05, 4.69) is 14.9 Å². The smallest absolute Gasteiger partial charge is 0.302 e. The lowest BCUT2D eigenvalue weighted by molar-refractivity contribution is -0.128. The van der Waals surface area contributed by atoms with Gasteiger partial charge in [-0.2, -0.15) is 8.42 Å². The molecule has 9 heteroatoms. The molecule has 2 heterocycles. The van der Waals surface area contributed by atoms with Gasteiger partial charge in [-0.3, -0.25) is 4.79 Å². The van der Waals surface area contributed by atoms with Crippen molar-refractivity contribution in [3.05, 3.63) is 23.8 Å². The number of carbonyl (C=O) groups is 1. The fourth-order valence-corrected chi connectivity index (χ4v) is 3.38. The van der Waals surface area contributed by atoms with Crippen LogP contribution in [0.15, 0.2) is 22.8 Å². The van der Waals surface area contributed by atoms with Crippen LogP contribution in [0.3, 0.4) is 0 Å². The number of hydrogen-bond donors (Lipinski definition) is 0. The van der Waals surface area contributed by atoms with E-state index < -0.39 is 21.9 Å². The number of nitrogens with zero attached hydrogens (tertiary/aromatic N) is 3. The van der Waals surface area contributed by atoms with Gasteiger partial charge in [0.05, 0.1) is 5.75 Å². The van der Waals surface area contributed by atoms with Gasteiger partial charge in [-0.05, 0) is 16.4 Å². The van der Waals surface area contributed by atoms with Crippen LogP contribution in [0.2, 0.25) is 0 Å². The largest absolute Gasteiger partial charge is 0.338 e. The van der Waals surface area contributed by atoms with Crippen molar-refractivity contribution in [2.45, 2.75) is 13.0 Å². The van der Waals surface area contributed by atoms with E-state index in [0.717, 1.165) is 5.56 Å². The second-order valence-corrected chi connectivity index (χ2v) is 6.51. The van der Waals surface area contributed by atoms with Crippen LogP contribution in [0.1, 0.15) is 12.0 Å². The molecule has 1 saturated heterocycles. The molecule has 1 aromatic heterocycles. The van der Waals surface area contributed by atoms with Crippen molar-refractivity contribution in [2.24, 2.45) is 5.92 Å². The summed E-state index contributed by atoms with van der Waals surface area (Å²) in [4.78, 5) is 13.4. The van der Waals surface area contributed by atoms with Gasteiger partial charge < -0.3 is 4.90 Å².